The molecule has 0 bridgehead atoms. The van der Waals surface area contributed by atoms with Crippen LogP contribution in [0.15, 0.2) is 0 Å². The average Bonchev–Trinajstić information content (AvgIpc) is 0. The van der Waals surface area contributed by atoms with Gasteiger partial charge in [0.25, 0.3) is 0 Å². The first-order valence-electron chi connectivity index (χ1n) is 0. The number of hydrogen-bond acceptors (Lipinski definition) is 0. The maximum absolute atomic E-state index is 0. The molecule has 0 aromatic heterocycles. The van der Waals surface area contributed by atoms with E-state index in [0.717, 1.165) is 0 Å². The molecule has 0 nitrogen and oxygen atoms in total. The molecule has 52 valence electrons. The Bertz CT molecular complexity index is 6.49. The van der Waals surface area contributed by atoms with E-state index in [1.807, 2.05) is 0 Å². The van der Waals surface area contributed by atoms with Crippen molar-refractivity contribution in [2.24, 2.45) is 0 Å². The molecule has 0 atom stereocenters. The Labute approximate surface area is 73.0 Å². The molecule has 0 amide bonds. The molecule has 0 unspecified atom stereocenters. The third-order valence-electron chi connectivity index (χ3n) is 0. The van der Waals surface area contributed by atoms with Crippen LogP contribution in [0.2, 0.25) is 0 Å². The van der Waals surface area contributed by atoms with Crippen molar-refractivity contribution in [3.05, 3.63) is 0 Å². The van der Waals surface area contributed by atoms with Gasteiger partial charge in [-0.1, -0.05) is 0 Å². The summed E-state index contributed by atoms with van der Waals surface area (Å²) >= 11 is 0. The Hall–Kier alpha value is 1.06. The minimum atomic E-state index is 0. The molecule has 0 radical (unpaired) electrons. The second kappa shape index (κ2) is 357. The summed E-state index contributed by atoms with van der Waals surface area (Å²) in [5, 5.41) is 0. The van der Waals surface area contributed by atoms with E-state index in [-0.39, 0.29) is 73.0 Å². The van der Waals surface area contributed by atoms with Gasteiger partial charge in [-0.2, -0.15) is 0 Å². The number of halogens is 6. The van der Waals surface area contributed by atoms with E-state index in [4.69, 9.17) is 0 Å². The Morgan fingerprint density at radius 2 is 0.250 bits per heavy atom. The summed E-state index contributed by atoms with van der Waals surface area (Å²) in [6.45, 7) is 0. The summed E-state index contributed by atoms with van der Waals surface area (Å²) in [5.41, 5.74) is 0. The van der Waals surface area contributed by atoms with Gasteiger partial charge in [0.2, 0.25) is 0 Å². The molecule has 0 N–H and O–H groups in total. The van der Waals surface area contributed by atoms with Gasteiger partial charge in [0, 0.05) is 0 Å². The van der Waals surface area contributed by atoms with Crippen molar-refractivity contribution in [2.45, 2.75) is 0 Å². The predicted octanol–water partition coefficient (Wildman–Crippen LogP) is -18.0. The fraction of sp³-hybridized carbons (Fsp3) is 0. The van der Waals surface area contributed by atoms with E-state index in [1.54, 1.807) is 0 Å². The number of rotatable bonds is 0. The second-order valence-corrected chi connectivity index (χ2v) is 0. The van der Waals surface area contributed by atoms with Gasteiger partial charge in [0.1, 0.15) is 0 Å². The molecule has 0 aliphatic carbocycles. The van der Waals surface area contributed by atoms with Gasteiger partial charge in [-0.05, 0) is 0 Å². The standard InChI is InChI=1S/6FH.2Nb/h6*1H;;/q;;;;;;2*+3/p-6. The van der Waals surface area contributed by atoms with Gasteiger partial charge in [-0.15, -0.1) is 0 Å². The maximum atomic E-state index is 0. The zero-order chi connectivity index (χ0) is 0. The molecule has 8 heteroatoms. The summed E-state index contributed by atoms with van der Waals surface area (Å²) < 4.78 is 0. The van der Waals surface area contributed by atoms with Crippen molar-refractivity contribution in [1.29, 1.82) is 0 Å². The molecule has 0 saturated carbocycles. The van der Waals surface area contributed by atoms with Gasteiger partial charge < -0.3 is 28.2 Å². The molecular weight excluding hydrogens is 300 g/mol. The van der Waals surface area contributed by atoms with Crippen molar-refractivity contribution >= 4 is 0 Å². The monoisotopic (exact) mass is 300 g/mol. The van der Waals surface area contributed by atoms with Gasteiger partial charge in [0.05, 0.1) is 0 Å². The van der Waals surface area contributed by atoms with Gasteiger partial charge in [0.15, 0.2) is 0 Å². The predicted molar refractivity (Wildman–Crippen MR) is 0 cm³/mol. The van der Waals surface area contributed by atoms with Crippen LogP contribution in [0.25, 0.3) is 0 Å². The molecule has 8 heavy (non-hydrogen) atoms. The zero-order valence-corrected chi connectivity index (χ0v) is 7.56. The summed E-state index contributed by atoms with van der Waals surface area (Å²) in [4.78, 5) is 0. The third-order valence-corrected chi connectivity index (χ3v) is 0. The normalized spacial score (nSPS) is 0. The van der Waals surface area contributed by atoms with Crippen molar-refractivity contribution in [2.75, 3.05) is 0 Å². The molecule has 0 fully saturated rings. The largest absolute Gasteiger partial charge is 3.00 e. The van der Waals surface area contributed by atoms with Crippen LogP contribution in [0, 0.1) is 0 Å². The molecule has 0 aliphatic heterocycles. The molecule has 0 aromatic carbocycles. The molecule has 0 saturated heterocycles. The Morgan fingerprint density at radius 1 is 0.250 bits per heavy atom. The fourth-order valence-corrected chi connectivity index (χ4v) is 0. The van der Waals surface area contributed by atoms with Crippen LogP contribution in [-0.2, 0) is 44.8 Å². The number of hydrogen-bond donors (Lipinski definition) is 0. The smallest absolute Gasteiger partial charge is 1.00 e. The van der Waals surface area contributed by atoms with Crippen LogP contribution < -0.4 is 28.2 Å². The maximum Gasteiger partial charge on any atom is 3.00 e. The SMILES string of the molecule is [F-].[F-].[F-].[F-].[F-].[F-].[Nb+3].[Nb+3]. The van der Waals surface area contributed by atoms with Crippen molar-refractivity contribution in [3.63, 3.8) is 0 Å². The van der Waals surface area contributed by atoms with Crippen molar-refractivity contribution in [3.8, 4) is 0 Å². The van der Waals surface area contributed by atoms with Crippen LogP contribution in [-0.4, -0.2) is 0 Å². The van der Waals surface area contributed by atoms with Crippen molar-refractivity contribution in [1.82, 2.24) is 0 Å². The second-order valence-electron chi connectivity index (χ2n) is 0. The van der Waals surface area contributed by atoms with E-state index in [2.05, 4.69) is 0 Å². The fourth-order valence-electron chi connectivity index (χ4n) is 0. The Morgan fingerprint density at radius 3 is 0.250 bits per heavy atom. The molecule has 0 rings (SSSR count). The van der Waals surface area contributed by atoms with Crippen LogP contribution >= 0.6 is 0 Å². The van der Waals surface area contributed by atoms with E-state index >= 15 is 0 Å². The first kappa shape index (κ1) is 523. The zero-order valence-electron chi connectivity index (χ0n) is 3.16. The third kappa shape index (κ3) is 231. The van der Waals surface area contributed by atoms with Crippen LogP contribution in [0.5, 0.6) is 0 Å². The molecule has 0 spiro atoms. The minimum Gasteiger partial charge on any atom is -1.00 e. The summed E-state index contributed by atoms with van der Waals surface area (Å²) in [7, 11) is 0. The Balaban J connectivity index is 0. The molecule has 0 heterocycles. The molecular formula is F6Nb2. The van der Waals surface area contributed by atoms with E-state index < -0.39 is 0 Å². The molecule has 0 aromatic rings. The first-order valence-corrected chi connectivity index (χ1v) is 0. The van der Waals surface area contributed by atoms with Gasteiger partial charge >= 0.3 is 44.8 Å². The van der Waals surface area contributed by atoms with E-state index in [1.165, 1.54) is 0 Å². The van der Waals surface area contributed by atoms with E-state index in [0.29, 0.717) is 0 Å². The van der Waals surface area contributed by atoms with Crippen molar-refractivity contribution < 1.29 is 73.0 Å². The topological polar surface area (TPSA) is 0 Å². The van der Waals surface area contributed by atoms with Crippen LogP contribution in [0.4, 0.5) is 0 Å². The molecule has 0 aliphatic rings. The summed E-state index contributed by atoms with van der Waals surface area (Å²) in [6.07, 6.45) is 0. The first-order chi connectivity index (χ1) is 0. The minimum absolute atomic E-state index is 0. The van der Waals surface area contributed by atoms with Crippen LogP contribution in [0.1, 0.15) is 0 Å². The average molecular weight is 300 g/mol. The summed E-state index contributed by atoms with van der Waals surface area (Å²) in [5.74, 6) is 0. The summed E-state index contributed by atoms with van der Waals surface area (Å²) in [6, 6.07) is 0. The Kier molecular flexibility index (Phi) is 23400. The van der Waals surface area contributed by atoms with Gasteiger partial charge in [-0.3, -0.25) is 0 Å². The van der Waals surface area contributed by atoms with Crippen LogP contribution in [0.3, 0.4) is 0 Å². The quantitative estimate of drug-likeness (QED) is 0.308. The van der Waals surface area contributed by atoms with Gasteiger partial charge in [-0.25, -0.2) is 0 Å². The van der Waals surface area contributed by atoms with E-state index in [9.17, 15) is 0 Å².